The van der Waals surface area contributed by atoms with Gasteiger partial charge in [-0.1, -0.05) is 0 Å². The molecule has 0 atom stereocenters. The lowest BCUT2D eigenvalue weighted by molar-refractivity contribution is -0.0436. The number of nitrogens with zero attached hydrogens (tertiary/aromatic N) is 1. The van der Waals surface area contributed by atoms with E-state index >= 15 is 0 Å². The van der Waals surface area contributed by atoms with E-state index in [9.17, 15) is 39.6 Å². The van der Waals surface area contributed by atoms with Crippen molar-refractivity contribution in [1.29, 1.82) is 5.26 Å². The maximum atomic E-state index is 13.9. The number of carbonyl (C=O) groups excluding carboxylic acids is 1. The van der Waals surface area contributed by atoms with E-state index < -0.39 is 61.1 Å². The molecule has 0 aliphatic heterocycles. The molecule has 0 N–H and O–H groups in total. The minimum atomic E-state index is -6.10. The highest BCUT2D eigenvalue weighted by molar-refractivity contribution is 7.92. The lowest BCUT2D eigenvalue weighted by Gasteiger charge is -2.14. The molecule has 5 nitrogen and oxygen atoms in total. The third-order valence-corrected chi connectivity index (χ3v) is 5.54. The number of nitriles is 1. The largest absolute Gasteiger partial charge is 0.501 e. The first-order valence-corrected chi connectivity index (χ1v) is 9.04. The smallest absolute Gasteiger partial charge is 0.457 e. The summed E-state index contributed by atoms with van der Waals surface area (Å²) in [6.45, 7) is 0. The monoisotopic (exact) mass is 435 g/mol. The summed E-state index contributed by atoms with van der Waals surface area (Å²) in [5.74, 6) is -8.11. The summed E-state index contributed by atoms with van der Waals surface area (Å²) in [4.78, 5) is 10.3. The highest BCUT2D eigenvalue weighted by atomic mass is 32.2. The number of ether oxygens (including phenoxy) is 1. The number of hydrogen-bond donors (Lipinski definition) is 0. The van der Waals surface area contributed by atoms with Crippen LogP contribution in [-0.4, -0.2) is 25.6 Å². The second-order valence-electron chi connectivity index (χ2n) is 5.96. The van der Waals surface area contributed by atoms with Crippen LogP contribution >= 0.6 is 0 Å². The summed E-state index contributed by atoms with van der Waals surface area (Å²) in [6.07, 6.45) is -1.40. The predicted molar refractivity (Wildman–Crippen MR) is 83.9 cm³/mol. The third-order valence-electron chi connectivity index (χ3n) is 4.01. The van der Waals surface area contributed by atoms with Crippen LogP contribution in [0.4, 0.5) is 26.3 Å². The molecule has 0 spiro atoms. The average molecular weight is 435 g/mol. The van der Waals surface area contributed by atoms with Crippen LogP contribution in [0.2, 0.25) is 0 Å². The van der Waals surface area contributed by atoms with Crippen molar-refractivity contribution in [2.75, 3.05) is 0 Å². The standard InChI is InChI=1S/C17H7F6NO4S/c18-9-3-8(7-24)4-10(5-9)28-12-1-2-13(29(26,27)17(21,22)23)14-11(12)6-16(19,20)15(14)25/h1-5H,6H2. The number of alkyl halides is 5. The molecule has 152 valence electrons. The Kier molecular flexibility index (Phi) is 4.62. The van der Waals surface area contributed by atoms with Gasteiger partial charge in [-0.3, -0.25) is 4.79 Å². The minimum absolute atomic E-state index is 0.200. The van der Waals surface area contributed by atoms with E-state index in [2.05, 4.69) is 0 Å². The zero-order chi connectivity index (χ0) is 21.8. The number of Topliss-reactive ketones (excluding diaryl/α,β-unsaturated/α-hetero) is 1. The molecule has 2 aromatic carbocycles. The van der Waals surface area contributed by atoms with Gasteiger partial charge in [0.25, 0.3) is 9.84 Å². The van der Waals surface area contributed by atoms with Crippen LogP contribution in [0.15, 0.2) is 35.2 Å². The Morgan fingerprint density at radius 2 is 1.79 bits per heavy atom. The van der Waals surface area contributed by atoms with Crippen LogP contribution in [0.5, 0.6) is 11.5 Å². The molecular formula is C17H7F6NO4S. The average Bonchev–Trinajstić information content (AvgIpc) is 2.84. The Morgan fingerprint density at radius 3 is 2.38 bits per heavy atom. The fourth-order valence-corrected chi connectivity index (χ4v) is 3.76. The van der Waals surface area contributed by atoms with Gasteiger partial charge in [0, 0.05) is 18.1 Å². The van der Waals surface area contributed by atoms with E-state index in [0.29, 0.717) is 12.1 Å². The SMILES string of the molecule is N#Cc1cc(F)cc(Oc2ccc(S(=O)(=O)C(F)(F)F)c3c2CC(F)(F)C3=O)c1. The summed E-state index contributed by atoms with van der Waals surface area (Å²) in [6, 6.07) is 5.22. The Labute approximate surface area is 159 Å². The van der Waals surface area contributed by atoms with Crippen molar-refractivity contribution < 1.29 is 44.3 Å². The van der Waals surface area contributed by atoms with Crippen LogP contribution in [0.1, 0.15) is 21.5 Å². The second-order valence-corrected chi connectivity index (χ2v) is 7.87. The second kappa shape index (κ2) is 6.48. The fraction of sp³-hybridized carbons (Fsp3) is 0.176. The van der Waals surface area contributed by atoms with Gasteiger partial charge < -0.3 is 4.74 Å². The van der Waals surface area contributed by atoms with E-state index in [1.165, 1.54) is 0 Å². The summed E-state index contributed by atoms with van der Waals surface area (Å²) < 4.78 is 109. The Bertz CT molecular complexity index is 1180. The van der Waals surface area contributed by atoms with Crippen molar-refractivity contribution in [1.82, 2.24) is 0 Å². The van der Waals surface area contributed by atoms with Gasteiger partial charge in [0.05, 0.1) is 22.1 Å². The first kappa shape index (κ1) is 20.7. The van der Waals surface area contributed by atoms with Gasteiger partial charge >= 0.3 is 11.4 Å². The van der Waals surface area contributed by atoms with Gasteiger partial charge in [0.15, 0.2) is 0 Å². The molecule has 0 bridgehead atoms. The lowest BCUT2D eigenvalue weighted by Crippen LogP contribution is -2.28. The molecule has 29 heavy (non-hydrogen) atoms. The number of hydrogen-bond acceptors (Lipinski definition) is 5. The van der Waals surface area contributed by atoms with Crippen molar-refractivity contribution in [2.45, 2.75) is 22.7 Å². The number of carbonyl (C=O) groups is 1. The van der Waals surface area contributed by atoms with Crippen molar-refractivity contribution in [3.63, 3.8) is 0 Å². The van der Waals surface area contributed by atoms with Gasteiger partial charge in [-0.05, 0) is 24.3 Å². The molecule has 0 radical (unpaired) electrons. The topological polar surface area (TPSA) is 84.2 Å². The van der Waals surface area contributed by atoms with Gasteiger partial charge in [-0.25, -0.2) is 12.8 Å². The maximum Gasteiger partial charge on any atom is 0.501 e. The van der Waals surface area contributed by atoms with Crippen LogP contribution in [0, 0.1) is 17.1 Å². The minimum Gasteiger partial charge on any atom is -0.457 e. The molecule has 0 amide bonds. The summed E-state index contributed by atoms with van der Waals surface area (Å²) in [5.41, 5.74) is -8.13. The first-order valence-electron chi connectivity index (χ1n) is 7.56. The van der Waals surface area contributed by atoms with E-state index in [4.69, 9.17) is 10.00 Å². The molecule has 0 heterocycles. The van der Waals surface area contributed by atoms with Crippen LogP contribution in [0.25, 0.3) is 0 Å². The lowest BCUT2D eigenvalue weighted by atomic mass is 10.1. The molecule has 12 heteroatoms. The van der Waals surface area contributed by atoms with Crippen molar-refractivity contribution in [3.05, 3.63) is 52.8 Å². The van der Waals surface area contributed by atoms with Gasteiger partial charge in [-0.15, -0.1) is 0 Å². The molecule has 0 unspecified atom stereocenters. The van der Waals surface area contributed by atoms with Gasteiger partial charge in [-0.2, -0.15) is 27.2 Å². The molecular weight excluding hydrogens is 428 g/mol. The van der Waals surface area contributed by atoms with Crippen LogP contribution in [-0.2, 0) is 16.3 Å². The van der Waals surface area contributed by atoms with Crippen molar-refractivity contribution in [3.8, 4) is 17.6 Å². The highest BCUT2D eigenvalue weighted by Crippen LogP contribution is 2.45. The highest BCUT2D eigenvalue weighted by Gasteiger charge is 2.55. The number of sulfone groups is 1. The maximum absolute atomic E-state index is 13.9. The molecule has 0 fully saturated rings. The zero-order valence-electron chi connectivity index (χ0n) is 13.9. The molecule has 1 aliphatic rings. The zero-order valence-corrected chi connectivity index (χ0v) is 14.7. The molecule has 2 aromatic rings. The molecule has 3 rings (SSSR count). The molecule has 0 saturated carbocycles. The Morgan fingerprint density at radius 1 is 1.14 bits per heavy atom. The first-order chi connectivity index (χ1) is 13.3. The van der Waals surface area contributed by atoms with E-state index in [1.54, 1.807) is 6.07 Å². The van der Waals surface area contributed by atoms with Crippen molar-refractivity contribution >= 4 is 15.6 Å². The van der Waals surface area contributed by atoms with Gasteiger partial charge in [0.2, 0.25) is 5.78 Å². The molecule has 0 saturated heterocycles. The van der Waals surface area contributed by atoms with Crippen molar-refractivity contribution in [2.24, 2.45) is 0 Å². The molecule has 0 aromatic heterocycles. The number of fused-ring (bicyclic) bond motifs is 1. The third kappa shape index (κ3) is 3.42. The van der Waals surface area contributed by atoms with E-state index in [1.807, 2.05) is 0 Å². The summed E-state index contributed by atoms with van der Waals surface area (Å²) in [5, 5.41) is 8.82. The normalized spacial score (nSPS) is 15.7. The van der Waals surface area contributed by atoms with Gasteiger partial charge in [0.1, 0.15) is 17.3 Å². The van der Waals surface area contributed by atoms with Crippen LogP contribution in [0.3, 0.4) is 0 Å². The van der Waals surface area contributed by atoms with E-state index in [0.717, 1.165) is 18.2 Å². The summed E-state index contributed by atoms with van der Waals surface area (Å²) >= 11 is 0. The predicted octanol–water partition coefficient (Wildman–Crippen LogP) is 4.16. The van der Waals surface area contributed by atoms with Crippen LogP contribution < -0.4 is 4.74 Å². The Hall–Kier alpha value is -3.07. The quantitative estimate of drug-likeness (QED) is 0.677. The number of ketones is 1. The molecule has 1 aliphatic carbocycles. The number of halogens is 6. The summed E-state index contributed by atoms with van der Waals surface area (Å²) in [7, 11) is -6.10. The number of benzene rings is 2. The van der Waals surface area contributed by atoms with E-state index in [-0.39, 0.29) is 11.3 Å². The fourth-order valence-electron chi connectivity index (χ4n) is 2.77. The Balaban J connectivity index is 2.20. The number of rotatable bonds is 3.